The molecule has 3 aromatic rings. The van der Waals surface area contributed by atoms with Gasteiger partial charge >= 0.3 is 0 Å². The van der Waals surface area contributed by atoms with Crippen LogP contribution in [0.3, 0.4) is 0 Å². The Morgan fingerprint density at radius 3 is 2.60 bits per heavy atom. The molecule has 6 nitrogen and oxygen atoms in total. The Balaban J connectivity index is 1.82. The molecule has 0 unspecified atom stereocenters. The molecule has 1 heterocycles. The van der Waals surface area contributed by atoms with Crippen LogP contribution in [0.1, 0.15) is 29.6 Å². The zero-order valence-electron chi connectivity index (χ0n) is 15.9. The van der Waals surface area contributed by atoms with Crippen molar-refractivity contribution in [2.75, 3.05) is 0 Å². The average Bonchev–Trinajstić information content (AvgIpc) is 3.13. The van der Waals surface area contributed by atoms with E-state index in [0.29, 0.717) is 29.1 Å². The summed E-state index contributed by atoms with van der Waals surface area (Å²) >= 11 is 5.95. The maximum Gasteiger partial charge on any atom is 0.284 e. The molecule has 0 spiro atoms. The van der Waals surface area contributed by atoms with E-state index in [4.69, 9.17) is 11.6 Å². The summed E-state index contributed by atoms with van der Waals surface area (Å²) in [5.41, 5.74) is 0.375. The zero-order chi connectivity index (χ0) is 21.3. The third kappa shape index (κ3) is 4.13. The van der Waals surface area contributed by atoms with Gasteiger partial charge < -0.3 is 10.4 Å². The van der Waals surface area contributed by atoms with Crippen molar-refractivity contribution >= 4 is 17.5 Å². The van der Waals surface area contributed by atoms with Crippen LogP contribution in [0.5, 0.6) is 0 Å². The minimum Gasteiger partial charge on any atom is -0.391 e. The molecule has 2 atom stereocenters. The zero-order valence-corrected chi connectivity index (χ0v) is 16.6. The lowest BCUT2D eigenvalue weighted by atomic mass is 10.1. The van der Waals surface area contributed by atoms with E-state index in [1.165, 1.54) is 30.3 Å². The SMILES string of the molecule is O=C(N[C@@H]1CCC[C@@H]1O)c1cc(-c2ccc(Cl)cc2)nn(-c2cccc(F)c2)c1=O. The highest BCUT2D eigenvalue weighted by Gasteiger charge is 2.28. The monoisotopic (exact) mass is 427 g/mol. The quantitative estimate of drug-likeness (QED) is 0.669. The molecule has 1 aliphatic rings. The van der Waals surface area contributed by atoms with Crippen LogP contribution in [-0.4, -0.2) is 32.9 Å². The Morgan fingerprint density at radius 1 is 1.17 bits per heavy atom. The van der Waals surface area contributed by atoms with E-state index in [9.17, 15) is 19.1 Å². The number of hydrogen-bond acceptors (Lipinski definition) is 4. The summed E-state index contributed by atoms with van der Waals surface area (Å²) < 4.78 is 14.8. The van der Waals surface area contributed by atoms with Crippen molar-refractivity contribution in [1.29, 1.82) is 0 Å². The number of aliphatic hydroxyl groups is 1. The number of amides is 1. The van der Waals surface area contributed by atoms with Gasteiger partial charge in [0.1, 0.15) is 11.4 Å². The lowest BCUT2D eigenvalue weighted by molar-refractivity contribution is 0.0871. The second kappa shape index (κ2) is 8.38. The summed E-state index contributed by atoms with van der Waals surface area (Å²) in [6.45, 7) is 0. The van der Waals surface area contributed by atoms with E-state index in [1.54, 1.807) is 24.3 Å². The van der Waals surface area contributed by atoms with Crippen molar-refractivity contribution in [3.8, 4) is 16.9 Å². The minimum absolute atomic E-state index is 0.140. The van der Waals surface area contributed by atoms with Gasteiger partial charge in [-0.3, -0.25) is 9.59 Å². The molecule has 1 aliphatic carbocycles. The summed E-state index contributed by atoms with van der Waals surface area (Å²) in [5, 5.41) is 17.6. The molecule has 1 fully saturated rings. The first-order valence-electron chi connectivity index (χ1n) is 9.57. The van der Waals surface area contributed by atoms with Crippen molar-refractivity contribution in [2.45, 2.75) is 31.4 Å². The van der Waals surface area contributed by atoms with Gasteiger partial charge in [0, 0.05) is 10.6 Å². The number of aliphatic hydroxyl groups excluding tert-OH is 1. The molecule has 30 heavy (non-hydrogen) atoms. The van der Waals surface area contributed by atoms with E-state index < -0.39 is 29.4 Å². The minimum atomic E-state index is -0.677. The van der Waals surface area contributed by atoms with Crippen LogP contribution in [0, 0.1) is 5.82 Å². The first kappa shape index (κ1) is 20.3. The molecule has 154 valence electrons. The predicted octanol–water partition coefficient (Wildman–Crippen LogP) is 3.34. The molecule has 0 radical (unpaired) electrons. The molecule has 4 rings (SSSR count). The Bertz CT molecular complexity index is 1150. The predicted molar refractivity (Wildman–Crippen MR) is 111 cm³/mol. The highest BCUT2D eigenvalue weighted by atomic mass is 35.5. The Kier molecular flexibility index (Phi) is 5.65. The van der Waals surface area contributed by atoms with Gasteiger partial charge in [0.05, 0.1) is 23.5 Å². The first-order valence-corrected chi connectivity index (χ1v) is 9.95. The third-order valence-corrected chi connectivity index (χ3v) is 5.40. The van der Waals surface area contributed by atoms with Gasteiger partial charge in [0.2, 0.25) is 0 Å². The first-order chi connectivity index (χ1) is 14.4. The molecule has 8 heteroatoms. The van der Waals surface area contributed by atoms with E-state index in [2.05, 4.69) is 10.4 Å². The number of benzene rings is 2. The molecule has 1 amide bonds. The van der Waals surface area contributed by atoms with Crippen LogP contribution < -0.4 is 10.9 Å². The van der Waals surface area contributed by atoms with Gasteiger partial charge in [0.25, 0.3) is 11.5 Å². The summed E-state index contributed by atoms with van der Waals surface area (Å²) in [6.07, 6.45) is 1.40. The van der Waals surface area contributed by atoms with E-state index >= 15 is 0 Å². The van der Waals surface area contributed by atoms with Gasteiger partial charge in [-0.1, -0.05) is 29.8 Å². The number of halogens is 2. The summed E-state index contributed by atoms with van der Waals surface area (Å²) in [6, 6.07) is 13.2. The molecule has 0 saturated heterocycles. The molecule has 0 aliphatic heterocycles. The van der Waals surface area contributed by atoms with E-state index in [-0.39, 0.29) is 11.3 Å². The van der Waals surface area contributed by atoms with Crippen LogP contribution in [0.4, 0.5) is 4.39 Å². The number of rotatable bonds is 4. The number of carbonyl (C=O) groups is 1. The van der Waals surface area contributed by atoms with Crippen molar-refractivity contribution in [3.63, 3.8) is 0 Å². The van der Waals surface area contributed by atoms with Gasteiger partial charge in [-0.25, -0.2) is 4.39 Å². The normalized spacial score (nSPS) is 18.4. The summed E-state index contributed by atoms with van der Waals surface area (Å²) in [5.74, 6) is -1.13. The number of carbonyl (C=O) groups excluding carboxylic acids is 1. The van der Waals surface area contributed by atoms with Crippen molar-refractivity contribution < 1.29 is 14.3 Å². The molecule has 1 saturated carbocycles. The maximum atomic E-state index is 13.8. The fourth-order valence-corrected chi connectivity index (χ4v) is 3.68. The molecule has 1 aromatic heterocycles. The Labute approximate surface area is 176 Å². The number of nitrogens with zero attached hydrogens (tertiary/aromatic N) is 2. The van der Waals surface area contributed by atoms with Gasteiger partial charge in [0.15, 0.2) is 0 Å². The van der Waals surface area contributed by atoms with Gasteiger partial charge in [-0.05, 0) is 55.7 Å². The fraction of sp³-hybridized carbons (Fsp3) is 0.227. The van der Waals surface area contributed by atoms with Crippen molar-refractivity contribution in [3.05, 3.63) is 81.4 Å². The lowest BCUT2D eigenvalue weighted by Crippen LogP contribution is -2.42. The second-order valence-corrected chi connectivity index (χ2v) is 7.66. The highest BCUT2D eigenvalue weighted by molar-refractivity contribution is 6.30. The van der Waals surface area contributed by atoms with Crippen LogP contribution in [0.15, 0.2) is 59.4 Å². The van der Waals surface area contributed by atoms with Gasteiger partial charge in [-0.2, -0.15) is 9.78 Å². The summed E-state index contributed by atoms with van der Waals surface area (Å²) in [4.78, 5) is 25.9. The highest BCUT2D eigenvalue weighted by Crippen LogP contribution is 2.22. The van der Waals surface area contributed by atoms with Crippen LogP contribution in [0.2, 0.25) is 5.02 Å². The molecular formula is C22H19ClFN3O3. The fourth-order valence-electron chi connectivity index (χ4n) is 3.56. The molecule has 2 aromatic carbocycles. The largest absolute Gasteiger partial charge is 0.391 e. The average molecular weight is 428 g/mol. The van der Waals surface area contributed by atoms with E-state index in [1.807, 2.05) is 0 Å². The van der Waals surface area contributed by atoms with Crippen LogP contribution in [-0.2, 0) is 0 Å². The molecular weight excluding hydrogens is 409 g/mol. The summed E-state index contributed by atoms with van der Waals surface area (Å²) in [7, 11) is 0. The molecule has 0 bridgehead atoms. The van der Waals surface area contributed by atoms with Crippen molar-refractivity contribution in [2.24, 2.45) is 0 Å². The second-order valence-electron chi connectivity index (χ2n) is 7.23. The third-order valence-electron chi connectivity index (χ3n) is 5.14. The van der Waals surface area contributed by atoms with Crippen molar-refractivity contribution in [1.82, 2.24) is 15.1 Å². The standard InChI is InChI=1S/C22H19ClFN3O3/c23-14-9-7-13(8-10-14)19-12-17(21(29)25-18-5-2-6-20(18)28)22(30)27(26-19)16-4-1-3-15(24)11-16/h1,3-4,7-12,18,20,28H,2,5-6H2,(H,25,29)/t18-,20+/m1/s1. The lowest BCUT2D eigenvalue weighted by Gasteiger charge is -2.17. The number of hydrogen-bond donors (Lipinski definition) is 2. The molecule has 2 N–H and O–H groups in total. The Hall–Kier alpha value is -3.03. The van der Waals surface area contributed by atoms with Crippen LogP contribution >= 0.6 is 11.6 Å². The van der Waals surface area contributed by atoms with Crippen LogP contribution in [0.25, 0.3) is 16.9 Å². The van der Waals surface area contributed by atoms with E-state index in [0.717, 1.165) is 11.1 Å². The smallest absolute Gasteiger partial charge is 0.284 e. The number of nitrogens with one attached hydrogen (secondary N) is 1. The topological polar surface area (TPSA) is 84.2 Å². The van der Waals surface area contributed by atoms with Gasteiger partial charge in [-0.15, -0.1) is 0 Å². The maximum absolute atomic E-state index is 13.8. The Morgan fingerprint density at radius 2 is 1.93 bits per heavy atom. The number of aromatic nitrogens is 2.